The molecule has 3 rings (SSSR count). The molecule has 0 aromatic carbocycles. The number of epoxide rings is 1. The maximum atomic E-state index is 12.8. The molecule has 2 amide bonds. The van der Waals surface area contributed by atoms with Gasteiger partial charge < -0.3 is 25.6 Å². The molecular weight excluding hydrogens is 512 g/mol. The molecule has 214 valence electrons. The number of hydrogen-bond donors (Lipinski definition) is 4. The first kappa shape index (κ1) is 30.7. The molecule has 1 aliphatic heterocycles. The number of carbonyl (C=O) groups excluding carboxylic acids is 4. The lowest BCUT2D eigenvalue weighted by Crippen LogP contribution is -2.42. The molecule has 0 aromatic rings. The molecule has 4 N–H and O–H groups in total. The number of carbonyl (C=O) groups is 4. The van der Waals surface area contributed by atoms with Crippen LogP contribution in [0.2, 0.25) is 0 Å². The molecule has 4 atom stereocenters. The van der Waals surface area contributed by atoms with Gasteiger partial charge in [-0.1, -0.05) is 68.7 Å². The van der Waals surface area contributed by atoms with E-state index in [1.165, 1.54) is 36.5 Å². The molecular formula is C31H38N2O7. The summed E-state index contributed by atoms with van der Waals surface area (Å²) >= 11 is 0. The molecule has 0 bridgehead atoms. The fraction of sp³-hybridized carbons (Fsp3) is 0.419. The number of allylic oxidation sites excluding steroid dienone is 9. The Morgan fingerprint density at radius 2 is 1.88 bits per heavy atom. The maximum Gasteiger partial charge on any atom is 0.251 e. The summed E-state index contributed by atoms with van der Waals surface area (Å²) in [6.07, 6.45) is 16.0. The Hall–Kier alpha value is -3.82. The van der Waals surface area contributed by atoms with Crippen molar-refractivity contribution >= 4 is 23.4 Å². The quantitative estimate of drug-likeness (QED) is 0.165. The summed E-state index contributed by atoms with van der Waals surface area (Å²) < 4.78 is 5.39. The van der Waals surface area contributed by atoms with Gasteiger partial charge in [0.25, 0.3) is 5.91 Å². The zero-order chi connectivity index (χ0) is 29.4. The number of Topliss-reactive ketones (excluding diaryl/α,β-unsaturated/α-hetero) is 2. The molecule has 0 spiro atoms. The summed E-state index contributed by atoms with van der Waals surface area (Å²) in [4.78, 5) is 49.0. The molecule has 3 aliphatic rings. The lowest BCUT2D eigenvalue weighted by molar-refractivity contribution is -0.121. The number of unbranched alkanes of at least 4 members (excludes halogenated alkanes) is 1. The van der Waals surface area contributed by atoms with Crippen LogP contribution in [0.3, 0.4) is 0 Å². The minimum atomic E-state index is -1.61. The van der Waals surface area contributed by atoms with E-state index in [0.29, 0.717) is 11.5 Å². The average Bonchev–Trinajstić information content (AvgIpc) is 3.66. The molecule has 2 aliphatic carbocycles. The number of ether oxygens (including phenoxy) is 1. The predicted molar refractivity (Wildman–Crippen MR) is 151 cm³/mol. The van der Waals surface area contributed by atoms with Gasteiger partial charge in [-0.15, -0.1) is 0 Å². The third-order valence-corrected chi connectivity index (χ3v) is 6.81. The summed E-state index contributed by atoms with van der Waals surface area (Å²) in [7, 11) is 0. The zero-order valence-corrected chi connectivity index (χ0v) is 23.4. The average molecular weight is 551 g/mol. The van der Waals surface area contributed by atoms with Gasteiger partial charge in [0, 0.05) is 24.5 Å². The van der Waals surface area contributed by atoms with Gasteiger partial charge in [0.2, 0.25) is 11.7 Å². The SMILES string of the molecule is CCCC[C@H](C)/C=C(C)/C=C(\C)C(=O)NC1=C[C@](O)(/C=C/C=C/C=C/C(=O)NC2=C(O)CCC2=O)[C@H]2O[C@H]2C1=O. The van der Waals surface area contributed by atoms with Crippen LogP contribution in [0.5, 0.6) is 0 Å². The Bertz CT molecular complexity index is 1260. The topological polar surface area (TPSA) is 145 Å². The van der Waals surface area contributed by atoms with Crippen molar-refractivity contribution in [2.75, 3.05) is 0 Å². The zero-order valence-electron chi connectivity index (χ0n) is 23.4. The van der Waals surface area contributed by atoms with Crippen molar-refractivity contribution < 1.29 is 34.1 Å². The molecule has 40 heavy (non-hydrogen) atoms. The first-order chi connectivity index (χ1) is 18.9. The first-order valence-corrected chi connectivity index (χ1v) is 13.6. The van der Waals surface area contributed by atoms with Gasteiger partial charge in [0.1, 0.15) is 23.2 Å². The maximum absolute atomic E-state index is 12.8. The van der Waals surface area contributed by atoms with Crippen LogP contribution < -0.4 is 10.6 Å². The predicted octanol–water partition coefficient (Wildman–Crippen LogP) is 3.70. The number of rotatable bonds is 12. The fourth-order valence-electron chi connectivity index (χ4n) is 4.61. The van der Waals surface area contributed by atoms with Crippen LogP contribution in [-0.2, 0) is 23.9 Å². The molecule has 0 aromatic heterocycles. The number of fused-ring (bicyclic) bond motifs is 1. The van der Waals surface area contributed by atoms with Crippen molar-refractivity contribution in [3.63, 3.8) is 0 Å². The number of ketones is 2. The lowest BCUT2D eigenvalue weighted by Gasteiger charge is -2.23. The normalized spacial score (nSPS) is 26.1. The van der Waals surface area contributed by atoms with Gasteiger partial charge in [-0.05, 0) is 38.3 Å². The molecule has 0 radical (unpaired) electrons. The van der Waals surface area contributed by atoms with Gasteiger partial charge in [0.15, 0.2) is 11.9 Å². The van der Waals surface area contributed by atoms with Crippen LogP contribution >= 0.6 is 0 Å². The molecule has 1 heterocycles. The number of nitrogens with one attached hydrogen (secondary N) is 2. The monoisotopic (exact) mass is 550 g/mol. The van der Waals surface area contributed by atoms with E-state index in [9.17, 15) is 29.4 Å². The highest BCUT2D eigenvalue weighted by molar-refractivity contribution is 6.07. The lowest BCUT2D eigenvalue weighted by atomic mass is 9.88. The highest BCUT2D eigenvalue weighted by Crippen LogP contribution is 2.40. The van der Waals surface area contributed by atoms with Crippen LogP contribution in [0.25, 0.3) is 0 Å². The minimum Gasteiger partial charge on any atom is -0.510 e. The number of amides is 2. The number of aliphatic hydroxyl groups excluding tert-OH is 1. The summed E-state index contributed by atoms with van der Waals surface area (Å²) in [5, 5.41) is 25.7. The molecule has 9 nitrogen and oxygen atoms in total. The molecule has 0 saturated carbocycles. The third kappa shape index (κ3) is 8.09. The van der Waals surface area contributed by atoms with Gasteiger partial charge >= 0.3 is 0 Å². The van der Waals surface area contributed by atoms with Crippen molar-refractivity contribution in [3.8, 4) is 0 Å². The Morgan fingerprint density at radius 1 is 1.15 bits per heavy atom. The second-order valence-electron chi connectivity index (χ2n) is 10.4. The van der Waals surface area contributed by atoms with Crippen molar-refractivity contribution in [3.05, 3.63) is 83.0 Å². The summed E-state index contributed by atoms with van der Waals surface area (Å²) in [5.41, 5.74) is -0.310. The van der Waals surface area contributed by atoms with Gasteiger partial charge in [0.05, 0.1) is 5.70 Å². The van der Waals surface area contributed by atoms with E-state index in [1.54, 1.807) is 19.1 Å². The van der Waals surface area contributed by atoms with E-state index in [4.69, 9.17) is 4.74 Å². The van der Waals surface area contributed by atoms with E-state index >= 15 is 0 Å². The summed E-state index contributed by atoms with van der Waals surface area (Å²) in [6.45, 7) is 7.90. The third-order valence-electron chi connectivity index (χ3n) is 6.81. The first-order valence-electron chi connectivity index (χ1n) is 13.6. The van der Waals surface area contributed by atoms with Crippen LogP contribution in [0.4, 0.5) is 0 Å². The second-order valence-corrected chi connectivity index (χ2v) is 10.4. The van der Waals surface area contributed by atoms with Crippen molar-refractivity contribution in [2.24, 2.45) is 5.92 Å². The van der Waals surface area contributed by atoms with E-state index in [0.717, 1.165) is 24.8 Å². The molecule has 1 saturated heterocycles. The summed E-state index contributed by atoms with van der Waals surface area (Å²) in [5.74, 6) is -1.43. The second kappa shape index (κ2) is 13.5. The van der Waals surface area contributed by atoms with Gasteiger partial charge in [-0.3, -0.25) is 19.2 Å². The van der Waals surface area contributed by atoms with Gasteiger partial charge in [-0.25, -0.2) is 0 Å². The number of aliphatic hydroxyl groups is 2. The van der Waals surface area contributed by atoms with Crippen molar-refractivity contribution in [1.82, 2.24) is 10.6 Å². The number of hydrogen-bond acceptors (Lipinski definition) is 7. The van der Waals surface area contributed by atoms with E-state index < -0.39 is 35.4 Å². The summed E-state index contributed by atoms with van der Waals surface area (Å²) in [6, 6.07) is 0. The van der Waals surface area contributed by atoms with Crippen LogP contribution in [0.1, 0.15) is 59.8 Å². The van der Waals surface area contributed by atoms with Crippen LogP contribution in [0, 0.1) is 5.92 Å². The van der Waals surface area contributed by atoms with E-state index in [-0.39, 0.29) is 35.8 Å². The largest absolute Gasteiger partial charge is 0.510 e. The highest BCUT2D eigenvalue weighted by Gasteiger charge is 2.59. The Kier molecular flexibility index (Phi) is 10.4. The fourth-order valence-corrected chi connectivity index (χ4v) is 4.61. The molecule has 0 unspecified atom stereocenters. The molecule has 1 fully saturated rings. The standard InChI is InChI=1S/C31H38N2O7/c1-5-6-11-19(2)16-20(3)17-21(4)30(38)32-22-18-31(39,29-28(40-29)27(22)37)15-10-8-7-9-12-25(36)33-26-23(34)13-14-24(26)35/h7-10,12,15-19,28-29,34,39H,5-6,11,13-14H2,1-4H3,(H,32,38)(H,33,36)/b8-7+,12-9+,15-10+,20-16+,21-17+/t19-,28-,29-,31+/m0/s1. The Balaban J connectivity index is 1.60. The molecule has 9 heteroatoms. The van der Waals surface area contributed by atoms with Crippen molar-refractivity contribution in [1.29, 1.82) is 0 Å². The van der Waals surface area contributed by atoms with Crippen molar-refractivity contribution in [2.45, 2.75) is 77.6 Å². The smallest absolute Gasteiger partial charge is 0.251 e. The Labute approximate surface area is 234 Å². The van der Waals surface area contributed by atoms with Gasteiger partial charge in [-0.2, -0.15) is 0 Å². The highest BCUT2D eigenvalue weighted by atomic mass is 16.6. The van der Waals surface area contributed by atoms with Crippen LogP contribution in [-0.4, -0.2) is 51.4 Å². The van der Waals surface area contributed by atoms with E-state index in [1.807, 2.05) is 6.92 Å². The van der Waals surface area contributed by atoms with E-state index in [2.05, 4.69) is 30.6 Å². The van der Waals surface area contributed by atoms with Crippen LogP contribution in [0.15, 0.2) is 83.0 Å². The minimum absolute atomic E-state index is 0.0267. The Morgan fingerprint density at radius 3 is 2.55 bits per heavy atom.